The Kier molecular flexibility index (Phi) is 7.20. The van der Waals surface area contributed by atoms with Crippen molar-refractivity contribution in [2.24, 2.45) is 10.9 Å². The van der Waals surface area contributed by atoms with Crippen LogP contribution >= 0.6 is 0 Å². The largest absolute Gasteiger partial charge is 0.384 e. The second-order valence-corrected chi connectivity index (χ2v) is 6.05. The van der Waals surface area contributed by atoms with Gasteiger partial charge in [0.2, 0.25) is 0 Å². The van der Waals surface area contributed by atoms with E-state index < -0.39 is 0 Å². The lowest BCUT2D eigenvalue weighted by Crippen LogP contribution is -2.40. The van der Waals surface area contributed by atoms with E-state index >= 15 is 0 Å². The number of benzene rings is 1. The summed E-state index contributed by atoms with van der Waals surface area (Å²) in [5, 5.41) is 3.42. The van der Waals surface area contributed by atoms with Gasteiger partial charge in [-0.05, 0) is 25.5 Å². The molecular weight excluding hydrogens is 288 g/mol. The Morgan fingerprint density at radius 2 is 2.17 bits per heavy atom. The first kappa shape index (κ1) is 17.6. The van der Waals surface area contributed by atoms with Gasteiger partial charge in [0.15, 0.2) is 5.96 Å². The molecule has 0 bridgehead atoms. The Bertz CT molecular complexity index is 477. The summed E-state index contributed by atoms with van der Waals surface area (Å²) in [6.07, 6.45) is 1.18. The van der Waals surface area contributed by atoms with Gasteiger partial charge in [0.1, 0.15) is 0 Å². The minimum Gasteiger partial charge on any atom is -0.384 e. The number of aliphatic imine (C=N–C) groups is 1. The van der Waals surface area contributed by atoms with Crippen molar-refractivity contribution >= 4 is 11.6 Å². The quantitative estimate of drug-likeness (QED) is 0.617. The number of para-hydroxylation sites is 1. The Hall–Kier alpha value is -1.75. The van der Waals surface area contributed by atoms with Crippen molar-refractivity contribution in [1.29, 1.82) is 0 Å². The number of hydrogen-bond acceptors (Lipinski definition) is 3. The molecule has 0 aliphatic carbocycles. The average Bonchev–Trinajstić information content (AvgIpc) is 3.03. The zero-order valence-corrected chi connectivity index (χ0v) is 14.7. The zero-order valence-electron chi connectivity index (χ0n) is 14.7. The van der Waals surface area contributed by atoms with Gasteiger partial charge in [0.05, 0.1) is 13.2 Å². The maximum atomic E-state index is 5.28. The van der Waals surface area contributed by atoms with Crippen LogP contribution in [0.4, 0.5) is 5.69 Å². The third-order valence-electron chi connectivity index (χ3n) is 4.22. The van der Waals surface area contributed by atoms with Crippen LogP contribution in [0.25, 0.3) is 0 Å². The van der Waals surface area contributed by atoms with Gasteiger partial charge in [-0.2, -0.15) is 0 Å². The number of ether oxygens (including phenoxy) is 1. The number of likely N-dealkylation sites (tertiary alicyclic amines) is 1. The highest BCUT2D eigenvalue weighted by Gasteiger charge is 2.24. The molecule has 0 amide bonds. The number of anilines is 1. The first-order chi connectivity index (χ1) is 11.2. The molecule has 1 aliphatic heterocycles. The smallest absolute Gasteiger partial charge is 0.193 e. The van der Waals surface area contributed by atoms with Crippen molar-refractivity contribution in [3.05, 3.63) is 30.3 Å². The standard InChI is InChI=1S/C18H30N4O/c1-4-19-18(22-12-10-16(14-22)15-23-3)20-11-13-21(2)17-8-6-5-7-9-17/h5-9,16H,4,10-15H2,1-3H3,(H,19,20). The number of nitrogens with one attached hydrogen (secondary N) is 1. The second kappa shape index (κ2) is 9.40. The Morgan fingerprint density at radius 3 is 2.87 bits per heavy atom. The molecule has 1 aromatic carbocycles. The van der Waals surface area contributed by atoms with E-state index in [9.17, 15) is 0 Å². The molecule has 1 atom stereocenters. The third kappa shape index (κ3) is 5.43. The van der Waals surface area contributed by atoms with Gasteiger partial charge in [-0.3, -0.25) is 4.99 Å². The molecule has 1 N–H and O–H groups in total. The van der Waals surface area contributed by atoms with Crippen LogP contribution in [0, 0.1) is 5.92 Å². The Morgan fingerprint density at radius 1 is 1.39 bits per heavy atom. The summed E-state index contributed by atoms with van der Waals surface area (Å²) in [6.45, 7) is 7.66. The van der Waals surface area contributed by atoms with Crippen molar-refractivity contribution in [1.82, 2.24) is 10.2 Å². The fraction of sp³-hybridized carbons (Fsp3) is 0.611. The van der Waals surface area contributed by atoms with Crippen LogP contribution in [0.15, 0.2) is 35.3 Å². The fourth-order valence-corrected chi connectivity index (χ4v) is 2.94. The number of guanidine groups is 1. The molecule has 5 nitrogen and oxygen atoms in total. The lowest BCUT2D eigenvalue weighted by molar-refractivity contribution is 0.157. The molecule has 1 saturated heterocycles. The summed E-state index contributed by atoms with van der Waals surface area (Å²) in [6, 6.07) is 10.4. The van der Waals surface area contributed by atoms with E-state index in [0.717, 1.165) is 45.3 Å². The highest BCUT2D eigenvalue weighted by molar-refractivity contribution is 5.80. The lowest BCUT2D eigenvalue weighted by Gasteiger charge is -2.23. The molecule has 128 valence electrons. The van der Waals surface area contributed by atoms with Crippen LogP contribution in [0.3, 0.4) is 0 Å². The van der Waals surface area contributed by atoms with Crippen LogP contribution in [-0.4, -0.2) is 64.3 Å². The summed E-state index contributed by atoms with van der Waals surface area (Å²) in [7, 11) is 3.89. The first-order valence-corrected chi connectivity index (χ1v) is 8.53. The first-order valence-electron chi connectivity index (χ1n) is 8.53. The molecule has 1 unspecified atom stereocenters. The van der Waals surface area contributed by atoms with E-state index in [2.05, 4.69) is 53.4 Å². The molecule has 1 heterocycles. The normalized spacial score (nSPS) is 18.3. The van der Waals surface area contributed by atoms with Crippen molar-refractivity contribution in [3.63, 3.8) is 0 Å². The number of rotatable bonds is 7. The van der Waals surface area contributed by atoms with E-state index in [-0.39, 0.29) is 0 Å². The number of nitrogens with zero attached hydrogens (tertiary/aromatic N) is 3. The van der Waals surface area contributed by atoms with Gasteiger partial charge in [0.25, 0.3) is 0 Å². The molecule has 1 aromatic rings. The fourth-order valence-electron chi connectivity index (χ4n) is 2.94. The Balaban J connectivity index is 1.86. The Labute approximate surface area is 140 Å². The lowest BCUT2D eigenvalue weighted by atomic mass is 10.1. The minimum absolute atomic E-state index is 0.621. The number of methoxy groups -OCH3 is 1. The molecule has 0 aromatic heterocycles. The van der Waals surface area contributed by atoms with E-state index in [0.29, 0.717) is 5.92 Å². The predicted molar refractivity (Wildman–Crippen MR) is 97.2 cm³/mol. The van der Waals surface area contributed by atoms with Crippen molar-refractivity contribution in [2.45, 2.75) is 13.3 Å². The van der Waals surface area contributed by atoms with E-state index in [4.69, 9.17) is 9.73 Å². The van der Waals surface area contributed by atoms with Gasteiger partial charge in [-0.15, -0.1) is 0 Å². The van der Waals surface area contributed by atoms with E-state index in [1.165, 1.54) is 12.1 Å². The van der Waals surface area contributed by atoms with Crippen LogP contribution in [0.1, 0.15) is 13.3 Å². The molecule has 5 heteroatoms. The zero-order chi connectivity index (χ0) is 16.5. The minimum atomic E-state index is 0.621. The summed E-state index contributed by atoms with van der Waals surface area (Å²) >= 11 is 0. The molecule has 0 saturated carbocycles. The van der Waals surface area contributed by atoms with E-state index in [1.54, 1.807) is 7.11 Å². The summed E-state index contributed by atoms with van der Waals surface area (Å²) in [5.74, 6) is 1.66. The van der Waals surface area contributed by atoms with Crippen LogP contribution in [-0.2, 0) is 4.74 Å². The van der Waals surface area contributed by atoms with Gasteiger partial charge in [0, 0.05) is 51.9 Å². The highest BCUT2D eigenvalue weighted by Crippen LogP contribution is 2.16. The highest BCUT2D eigenvalue weighted by atomic mass is 16.5. The van der Waals surface area contributed by atoms with Crippen LogP contribution in [0.2, 0.25) is 0 Å². The predicted octanol–water partition coefficient (Wildman–Crippen LogP) is 2.06. The molecule has 23 heavy (non-hydrogen) atoms. The molecule has 2 rings (SSSR count). The maximum absolute atomic E-state index is 5.28. The van der Waals surface area contributed by atoms with Gasteiger partial charge < -0.3 is 19.9 Å². The molecule has 0 spiro atoms. The number of hydrogen-bond donors (Lipinski definition) is 1. The average molecular weight is 318 g/mol. The number of likely N-dealkylation sites (N-methyl/N-ethyl adjacent to an activating group) is 1. The monoisotopic (exact) mass is 318 g/mol. The maximum Gasteiger partial charge on any atom is 0.193 e. The van der Waals surface area contributed by atoms with Gasteiger partial charge >= 0.3 is 0 Å². The molecule has 1 fully saturated rings. The SMILES string of the molecule is CCNC(=NCCN(C)c1ccccc1)N1CCC(COC)C1. The second-order valence-electron chi connectivity index (χ2n) is 6.05. The van der Waals surface area contributed by atoms with E-state index in [1.807, 2.05) is 6.07 Å². The summed E-state index contributed by atoms with van der Waals surface area (Å²) < 4.78 is 5.28. The molecular formula is C18H30N4O. The van der Waals surface area contributed by atoms with Gasteiger partial charge in [-0.25, -0.2) is 0 Å². The molecule has 1 aliphatic rings. The van der Waals surface area contributed by atoms with Crippen LogP contribution < -0.4 is 10.2 Å². The summed E-state index contributed by atoms with van der Waals surface area (Å²) in [5.41, 5.74) is 1.23. The van der Waals surface area contributed by atoms with Crippen molar-refractivity contribution in [3.8, 4) is 0 Å². The van der Waals surface area contributed by atoms with Crippen molar-refractivity contribution < 1.29 is 4.74 Å². The van der Waals surface area contributed by atoms with Crippen LogP contribution in [0.5, 0.6) is 0 Å². The molecule has 0 radical (unpaired) electrons. The van der Waals surface area contributed by atoms with Gasteiger partial charge in [-0.1, -0.05) is 18.2 Å². The van der Waals surface area contributed by atoms with Crippen molar-refractivity contribution in [2.75, 3.05) is 58.4 Å². The third-order valence-corrected chi connectivity index (χ3v) is 4.22. The summed E-state index contributed by atoms with van der Waals surface area (Å²) in [4.78, 5) is 9.40. The topological polar surface area (TPSA) is 40.1 Å².